The van der Waals surface area contributed by atoms with Crippen molar-refractivity contribution in [3.05, 3.63) is 17.2 Å². The number of pyridine rings is 1. The molecule has 0 aromatic carbocycles. The number of hydrogen-bond donors (Lipinski definition) is 0. The van der Waals surface area contributed by atoms with Crippen LogP contribution in [0.5, 0.6) is 11.8 Å². The molecule has 0 bridgehead atoms. The smallest absolute Gasteiger partial charge is 0.481 e. The summed E-state index contributed by atoms with van der Waals surface area (Å²) in [5, 5.41) is 0. The second kappa shape index (κ2) is 5.72. The highest BCUT2D eigenvalue weighted by molar-refractivity contribution is 5.92. The Hall–Kier alpha value is -2.06. The van der Waals surface area contributed by atoms with Gasteiger partial charge in [-0.25, -0.2) is 9.18 Å². The highest BCUT2D eigenvalue weighted by Gasteiger charge is 2.34. The molecule has 19 heavy (non-hydrogen) atoms. The fourth-order valence-corrected chi connectivity index (χ4v) is 1.25. The van der Waals surface area contributed by atoms with Gasteiger partial charge in [-0.2, -0.15) is 4.98 Å². The lowest BCUT2D eigenvalue weighted by molar-refractivity contribution is -0.276. The molecule has 1 rings (SSSR count). The number of hydrogen-bond acceptors (Lipinski definition) is 5. The minimum atomic E-state index is -5.07. The van der Waals surface area contributed by atoms with Crippen LogP contribution >= 0.6 is 0 Å². The number of methoxy groups -OCH3 is 2. The largest absolute Gasteiger partial charge is 0.574 e. The van der Waals surface area contributed by atoms with E-state index >= 15 is 0 Å². The first kappa shape index (κ1) is 15.0. The maximum Gasteiger partial charge on any atom is 0.574 e. The molecule has 106 valence electrons. The summed E-state index contributed by atoms with van der Waals surface area (Å²) in [4.78, 5) is 14.7. The topological polar surface area (TPSA) is 57.7 Å². The number of alkyl halides is 4. The van der Waals surface area contributed by atoms with Crippen LogP contribution in [0.1, 0.15) is 15.9 Å². The molecule has 0 atom stereocenters. The van der Waals surface area contributed by atoms with Gasteiger partial charge in [-0.3, -0.25) is 0 Å². The predicted octanol–water partition coefficient (Wildman–Crippen LogP) is 2.24. The Morgan fingerprint density at radius 3 is 2.42 bits per heavy atom. The van der Waals surface area contributed by atoms with E-state index in [-0.39, 0.29) is 5.88 Å². The summed E-state index contributed by atoms with van der Waals surface area (Å²) in [5.41, 5.74) is -1.11. The standard InChI is InChI=1S/C10H9F4NO4/c1-17-7-3-5(9(16)18-2)6(4-11)8(15-7)19-10(12,13)14/h3H,4H2,1-2H3. The number of rotatable bonds is 4. The Morgan fingerprint density at radius 2 is 2.00 bits per heavy atom. The van der Waals surface area contributed by atoms with E-state index in [4.69, 9.17) is 0 Å². The van der Waals surface area contributed by atoms with Gasteiger partial charge in [-0.05, 0) is 0 Å². The Balaban J connectivity index is 3.39. The van der Waals surface area contributed by atoms with Crippen LogP contribution in [0.3, 0.4) is 0 Å². The lowest BCUT2D eigenvalue weighted by Crippen LogP contribution is -2.20. The van der Waals surface area contributed by atoms with Crippen LogP contribution in [-0.2, 0) is 11.4 Å². The summed E-state index contributed by atoms with van der Waals surface area (Å²) in [6, 6.07) is 0.962. The SMILES string of the molecule is COC(=O)c1cc(OC)nc(OC(F)(F)F)c1CF. The fraction of sp³-hybridized carbons (Fsp3) is 0.400. The maximum atomic E-state index is 12.8. The molecule has 0 saturated carbocycles. The quantitative estimate of drug-likeness (QED) is 0.626. The van der Waals surface area contributed by atoms with Gasteiger partial charge < -0.3 is 14.2 Å². The van der Waals surface area contributed by atoms with Crippen molar-refractivity contribution < 1.29 is 36.6 Å². The third-order valence-corrected chi connectivity index (χ3v) is 2.02. The summed E-state index contributed by atoms with van der Waals surface area (Å²) in [5.74, 6) is -2.45. The molecule has 1 aromatic rings. The van der Waals surface area contributed by atoms with E-state index < -0.39 is 36.0 Å². The summed E-state index contributed by atoms with van der Waals surface area (Å²) in [7, 11) is 2.12. The molecule has 0 N–H and O–H groups in total. The molecular weight excluding hydrogens is 274 g/mol. The van der Waals surface area contributed by atoms with Gasteiger partial charge in [0.05, 0.1) is 25.3 Å². The van der Waals surface area contributed by atoms with Gasteiger partial charge >= 0.3 is 12.3 Å². The fourth-order valence-electron chi connectivity index (χ4n) is 1.25. The molecule has 0 aliphatic heterocycles. The third-order valence-electron chi connectivity index (χ3n) is 2.02. The van der Waals surface area contributed by atoms with Crippen LogP contribution in [0.2, 0.25) is 0 Å². The Bertz CT molecular complexity index is 475. The average molecular weight is 283 g/mol. The van der Waals surface area contributed by atoms with Gasteiger partial charge in [0.2, 0.25) is 11.8 Å². The monoisotopic (exact) mass is 283 g/mol. The number of carbonyl (C=O) groups is 1. The summed E-state index contributed by atoms with van der Waals surface area (Å²) in [6.07, 6.45) is -5.07. The van der Waals surface area contributed by atoms with Crippen LogP contribution in [0, 0.1) is 0 Å². The number of ether oxygens (including phenoxy) is 3. The van der Waals surface area contributed by atoms with Crippen molar-refractivity contribution in [3.8, 4) is 11.8 Å². The van der Waals surface area contributed by atoms with Crippen molar-refractivity contribution >= 4 is 5.97 Å². The van der Waals surface area contributed by atoms with E-state index in [2.05, 4.69) is 19.2 Å². The highest BCUT2D eigenvalue weighted by atomic mass is 19.4. The number of carbonyl (C=O) groups excluding carboxylic acids is 1. The van der Waals surface area contributed by atoms with Gasteiger partial charge in [0.25, 0.3) is 0 Å². The summed E-state index contributed by atoms with van der Waals surface area (Å²) < 4.78 is 61.8. The number of aromatic nitrogens is 1. The van der Waals surface area contributed by atoms with E-state index in [9.17, 15) is 22.4 Å². The van der Waals surface area contributed by atoms with Crippen LogP contribution in [0.25, 0.3) is 0 Å². The molecule has 9 heteroatoms. The minimum Gasteiger partial charge on any atom is -0.481 e. The minimum absolute atomic E-state index is 0.336. The van der Waals surface area contributed by atoms with Gasteiger partial charge in [0.15, 0.2) is 0 Å². The number of esters is 1. The molecule has 0 radical (unpaired) electrons. The Kier molecular flexibility index (Phi) is 4.52. The van der Waals surface area contributed by atoms with Crippen molar-refractivity contribution in [1.29, 1.82) is 0 Å². The Morgan fingerprint density at radius 1 is 1.37 bits per heavy atom. The van der Waals surface area contributed by atoms with Crippen LogP contribution in [0.15, 0.2) is 6.07 Å². The zero-order valence-electron chi connectivity index (χ0n) is 9.88. The summed E-state index contributed by atoms with van der Waals surface area (Å²) in [6.45, 7) is -1.38. The van der Waals surface area contributed by atoms with Crippen molar-refractivity contribution in [2.24, 2.45) is 0 Å². The maximum absolute atomic E-state index is 12.8. The van der Waals surface area contributed by atoms with E-state index in [1.165, 1.54) is 0 Å². The van der Waals surface area contributed by atoms with Crippen molar-refractivity contribution in [3.63, 3.8) is 0 Å². The highest BCUT2D eigenvalue weighted by Crippen LogP contribution is 2.30. The third kappa shape index (κ3) is 3.70. The van der Waals surface area contributed by atoms with Crippen LogP contribution in [-0.4, -0.2) is 31.5 Å². The molecule has 0 fully saturated rings. The Labute approximate surface area is 105 Å². The molecule has 0 aliphatic carbocycles. The second-order valence-corrected chi connectivity index (χ2v) is 3.17. The zero-order chi connectivity index (χ0) is 14.6. The molecule has 1 aromatic heterocycles. The first-order valence-corrected chi connectivity index (χ1v) is 4.80. The van der Waals surface area contributed by atoms with Gasteiger partial charge in [0, 0.05) is 6.07 Å². The molecular formula is C10H9F4NO4. The van der Waals surface area contributed by atoms with E-state index in [0.717, 1.165) is 20.3 Å². The van der Waals surface area contributed by atoms with E-state index in [0.29, 0.717) is 0 Å². The lowest BCUT2D eigenvalue weighted by atomic mass is 10.1. The first-order valence-electron chi connectivity index (χ1n) is 4.80. The van der Waals surface area contributed by atoms with Gasteiger partial charge in [-0.15, -0.1) is 13.2 Å². The van der Waals surface area contributed by atoms with E-state index in [1.54, 1.807) is 0 Å². The van der Waals surface area contributed by atoms with Crippen molar-refractivity contribution in [2.75, 3.05) is 14.2 Å². The molecule has 0 spiro atoms. The molecule has 0 saturated heterocycles. The molecule has 0 aliphatic rings. The molecule has 5 nitrogen and oxygen atoms in total. The van der Waals surface area contributed by atoms with Crippen LogP contribution in [0.4, 0.5) is 17.6 Å². The lowest BCUT2D eigenvalue weighted by Gasteiger charge is -2.14. The molecule has 0 unspecified atom stereocenters. The normalized spacial score (nSPS) is 11.1. The molecule has 0 amide bonds. The average Bonchev–Trinajstić information content (AvgIpc) is 2.34. The number of nitrogens with zero attached hydrogens (tertiary/aromatic N) is 1. The van der Waals surface area contributed by atoms with Gasteiger partial charge in [-0.1, -0.05) is 0 Å². The number of halogens is 4. The molecule has 1 heterocycles. The first-order chi connectivity index (χ1) is 8.82. The second-order valence-electron chi connectivity index (χ2n) is 3.17. The zero-order valence-corrected chi connectivity index (χ0v) is 9.88. The van der Waals surface area contributed by atoms with Crippen LogP contribution < -0.4 is 9.47 Å². The summed E-state index contributed by atoms with van der Waals surface area (Å²) >= 11 is 0. The van der Waals surface area contributed by atoms with Gasteiger partial charge in [0.1, 0.15) is 6.67 Å². The predicted molar refractivity (Wildman–Crippen MR) is 53.6 cm³/mol. The van der Waals surface area contributed by atoms with E-state index in [1.807, 2.05) is 0 Å². The van der Waals surface area contributed by atoms with Crippen molar-refractivity contribution in [2.45, 2.75) is 13.0 Å². The van der Waals surface area contributed by atoms with Crippen molar-refractivity contribution in [1.82, 2.24) is 4.98 Å².